The first-order valence-corrected chi connectivity index (χ1v) is 8.45. The molecule has 3 aromatic rings. The van der Waals surface area contributed by atoms with Gasteiger partial charge in [-0.2, -0.15) is 0 Å². The fourth-order valence-corrected chi connectivity index (χ4v) is 2.61. The summed E-state index contributed by atoms with van der Waals surface area (Å²) in [6.45, 7) is 1.92. The van der Waals surface area contributed by atoms with Crippen molar-refractivity contribution in [1.29, 1.82) is 0 Å². The Labute approximate surface area is 156 Å². The van der Waals surface area contributed by atoms with Crippen LogP contribution >= 0.6 is 11.6 Å². The number of nitrogens with one attached hydrogen (secondary N) is 2. The van der Waals surface area contributed by atoms with Crippen LogP contribution in [-0.4, -0.2) is 11.8 Å². The highest BCUT2D eigenvalue weighted by Gasteiger charge is 2.14. The van der Waals surface area contributed by atoms with Gasteiger partial charge in [0.05, 0.1) is 11.3 Å². The molecule has 2 amide bonds. The summed E-state index contributed by atoms with van der Waals surface area (Å²) >= 11 is 5.85. The van der Waals surface area contributed by atoms with E-state index < -0.39 is 0 Å². The minimum Gasteiger partial charge on any atom is -0.322 e. The van der Waals surface area contributed by atoms with E-state index in [0.29, 0.717) is 21.8 Å². The lowest BCUT2D eigenvalue weighted by Crippen LogP contribution is -2.18. The SMILES string of the molecule is Cc1ccccc1NC(=O)c1ccccc1NC(=O)c1ccc(Cl)cc1. The summed E-state index contributed by atoms with van der Waals surface area (Å²) in [5, 5.41) is 6.22. The zero-order chi connectivity index (χ0) is 18.5. The van der Waals surface area contributed by atoms with Gasteiger partial charge in [-0.3, -0.25) is 9.59 Å². The molecule has 0 aliphatic carbocycles. The number of para-hydroxylation sites is 2. The minimum absolute atomic E-state index is 0.286. The fraction of sp³-hybridized carbons (Fsp3) is 0.0476. The Morgan fingerprint density at radius 3 is 2.00 bits per heavy atom. The van der Waals surface area contributed by atoms with Crippen LogP contribution < -0.4 is 10.6 Å². The predicted molar refractivity (Wildman–Crippen MR) is 105 cm³/mol. The maximum Gasteiger partial charge on any atom is 0.257 e. The highest BCUT2D eigenvalue weighted by molar-refractivity contribution is 6.30. The second kappa shape index (κ2) is 7.85. The Kier molecular flexibility index (Phi) is 5.34. The van der Waals surface area contributed by atoms with Gasteiger partial charge in [-0.15, -0.1) is 0 Å². The number of amides is 2. The molecule has 0 aliphatic heterocycles. The molecule has 2 N–H and O–H groups in total. The maximum absolute atomic E-state index is 12.7. The summed E-state index contributed by atoms with van der Waals surface area (Å²) in [5.41, 5.74) is 2.99. The summed E-state index contributed by atoms with van der Waals surface area (Å²) in [4.78, 5) is 25.1. The average Bonchev–Trinajstić information content (AvgIpc) is 2.64. The zero-order valence-corrected chi connectivity index (χ0v) is 14.9. The van der Waals surface area contributed by atoms with Crippen LogP contribution in [0.3, 0.4) is 0 Å². The van der Waals surface area contributed by atoms with Crippen LogP contribution in [0.1, 0.15) is 26.3 Å². The topological polar surface area (TPSA) is 58.2 Å². The molecule has 26 heavy (non-hydrogen) atoms. The van der Waals surface area contributed by atoms with E-state index in [9.17, 15) is 9.59 Å². The highest BCUT2D eigenvalue weighted by Crippen LogP contribution is 2.20. The van der Waals surface area contributed by atoms with Crippen LogP contribution in [0.2, 0.25) is 5.02 Å². The summed E-state index contributed by atoms with van der Waals surface area (Å²) < 4.78 is 0. The van der Waals surface area contributed by atoms with Crippen molar-refractivity contribution in [3.63, 3.8) is 0 Å². The number of carbonyl (C=O) groups excluding carboxylic acids is 2. The molecule has 0 bridgehead atoms. The van der Waals surface area contributed by atoms with Crippen LogP contribution in [0, 0.1) is 6.92 Å². The van der Waals surface area contributed by atoms with Crippen molar-refractivity contribution >= 4 is 34.8 Å². The molecule has 0 unspecified atom stereocenters. The second-order valence-electron chi connectivity index (χ2n) is 5.78. The van der Waals surface area contributed by atoms with Crippen molar-refractivity contribution in [2.24, 2.45) is 0 Å². The summed E-state index contributed by atoms with van der Waals surface area (Å²) in [5.74, 6) is -0.593. The van der Waals surface area contributed by atoms with Gasteiger partial charge in [0.2, 0.25) is 0 Å². The van der Waals surface area contributed by atoms with E-state index in [4.69, 9.17) is 11.6 Å². The molecule has 0 heterocycles. The highest BCUT2D eigenvalue weighted by atomic mass is 35.5. The monoisotopic (exact) mass is 364 g/mol. The molecule has 0 fully saturated rings. The molecule has 0 aromatic heterocycles. The van der Waals surface area contributed by atoms with Crippen LogP contribution in [0.4, 0.5) is 11.4 Å². The molecular weight excluding hydrogens is 348 g/mol. The predicted octanol–water partition coefficient (Wildman–Crippen LogP) is 5.15. The van der Waals surface area contributed by atoms with Gasteiger partial charge in [0, 0.05) is 16.3 Å². The van der Waals surface area contributed by atoms with E-state index in [0.717, 1.165) is 11.3 Å². The molecule has 3 aromatic carbocycles. The second-order valence-corrected chi connectivity index (χ2v) is 6.21. The van der Waals surface area contributed by atoms with Crippen LogP contribution in [0.5, 0.6) is 0 Å². The Morgan fingerprint density at radius 2 is 1.31 bits per heavy atom. The van der Waals surface area contributed by atoms with E-state index in [1.54, 1.807) is 48.5 Å². The van der Waals surface area contributed by atoms with Crippen molar-refractivity contribution in [3.8, 4) is 0 Å². The number of benzene rings is 3. The third-order valence-electron chi connectivity index (χ3n) is 3.92. The molecule has 0 aliphatic rings. The first kappa shape index (κ1) is 17.7. The van der Waals surface area contributed by atoms with Gasteiger partial charge >= 0.3 is 0 Å². The summed E-state index contributed by atoms with van der Waals surface area (Å²) in [6.07, 6.45) is 0. The summed E-state index contributed by atoms with van der Waals surface area (Å²) in [6, 6.07) is 21.0. The van der Waals surface area contributed by atoms with Crippen molar-refractivity contribution in [2.45, 2.75) is 6.92 Å². The number of anilines is 2. The van der Waals surface area contributed by atoms with Crippen LogP contribution in [0.25, 0.3) is 0 Å². The quantitative estimate of drug-likeness (QED) is 0.672. The van der Waals surface area contributed by atoms with E-state index in [2.05, 4.69) is 10.6 Å². The molecule has 0 saturated carbocycles. The third kappa shape index (κ3) is 4.10. The first-order valence-electron chi connectivity index (χ1n) is 8.07. The number of aryl methyl sites for hydroxylation is 1. The zero-order valence-electron chi connectivity index (χ0n) is 14.1. The van der Waals surface area contributed by atoms with E-state index in [-0.39, 0.29) is 11.8 Å². The minimum atomic E-state index is -0.308. The van der Waals surface area contributed by atoms with Gasteiger partial charge in [0.15, 0.2) is 0 Å². The molecule has 0 atom stereocenters. The van der Waals surface area contributed by atoms with Crippen molar-refractivity contribution in [2.75, 3.05) is 10.6 Å². The van der Waals surface area contributed by atoms with Gasteiger partial charge in [0.25, 0.3) is 11.8 Å². The standard InChI is InChI=1S/C21H17ClN2O2/c1-14-6-2-4-8-18(14)23-21(26)17-7-3-5-9-19(17)24-20(25)15-10-12-16(22)13-11-15/h2-13H,1H3,(H,23,26)(H,24,25). The molecule has 4 nitrogen and oxygen atoms in total. The van der Waals surface area contributed by atoms with Crippen molar-refractivity contribution in [3.05, 3.63) is 94.5 Å². The fourth-order valence-electron chi connectivity index (χ4n) is 2.49. The maximum atomic E-state index is 12.7. The molecule has 5 heteroatoms. The number of carbonyl (C=O) groups is 2. The number of hydrogen-bond donors (Lipinski definition) is 2. The molecule has 0 spiro atoms. The molecule has 130 valence electrons. The smallest absolute Gasteiger partial charge is 0.257 e. The largest absolute Gasteiger partial charge is 0.322 e. The van der Waals surface area contributed by atoms with Crippen molar-refractivity contribution in [1.82, 2.24) is 0 Å². The van der Waals surface area contributed by atoms with Crippen LogP contribution in [-0.2, 0) is 0 Å². The number of hydrogen-bond acceptors (Lipinski definition) is 2. The van der Waals surface area contributed by atoms with Gasteiger partial charge in [0.1, 0.15) is 0 Å². The Bertz CT molecular complexity index is 952. The van der Waals surface area contributed by atoms with Gasteiger partial charge < -0.3 is 10.6 Å². The first-order chi connectivity index (χ1) is 12.5. The average molecular weight is 365 g/mol. The van der Waals surface area contributed by atoms with E-state index in [1.807, 2.05) is 31.2 Å². The van der Waals surface area contributed by atoms with Gasteiger partial charge in [-0.05, 0) is 55.0 Å². The molecule has 0 radical (unpaired) electrons. The Balaban J connectivity index is 1.81. The Hall–Kier alpha value is -3.11. The van der Waals surface area contributed by atoms with Crippen molar-refractivity contribution < 1.29 is 9.59 Å². The molecule has 3 rings (SSSR count). The lowest BCUT2D eigenvalue weighted by molar-refractivity contribution is 0.102. The molecule has 0 saturated heterocycles. The van der Waals surface area contributed by atoms with E-state index in [1.165, 1.54) is 0 Å². The number of rotatable bonds is 4. The number of halogens is 1. The lowest BCUT2D eigenvalue weighted by Gasteiger charge is -2.12. The van der Waals surface area contributed by atoms with Gasteiger partial charge in [-0.25, -0.2) is 0 Å². The third-order valence-corrected chi connectivity index (χ3v) is 4.17. The summed E-state index contributed by atoms with van der Waals surface area (Å²) in [7, 11) is 0. The lowest BCUT2D eigenvalue weighted by atomic mass is 10.1. The Morgan fingerprint density at radius 1 is 0.731 bits per heavy atom. The van der Waals surface area contributed by atoms with Gasteiger partial charge in [-0.1, -0.05) is 41.9 Å². The molecular formula is C21H17ClN2O2. The normalized spacial score (nSPS) is 10.2. The van der Waals surface area contributed by atoms with E-state index >= 15 is 0 Å². The van der Waals surface area contributed by atoms with Crippen LogP contribution in [0.15, 0.2) is 72.8 Å².